The predicted molar refractivity (Wildman–Crippen MR) is 70.9 cm³/mol. The van der Waals surface area contributed by atoms with Gasteiger partial charge in [-0.15, -0.1) is 0 Å². The van der Waals surface area contributed by atoms with E-state index in [1.165, 1.54) is 38.9 Å². The highest BCUT2D eigenvalue weighted by molar-refractivity contribution is 4.81. The van der Waals surface area contributed by atoms with Crippen LogP contribution in [-0.4, -0.2) is 62.2 Å². The van der Waals surface area contributed by atoms with Crippen LogP contribution in [-0.2, 0) is 0 Å². The molecule has 1 fully saturated rings. The van der Waals surface area contributed by atoms with Crippen molar-refractivity contribution in [3.05, 3.63) is 0 Å². The van der Waals surface area contributed by atoms with Crippen molar-refractivity contribution in [1.82, 2.24) is 15.1 Å². The zero-order chi connectivity index (χ0) is 12.0. The molecule has 96 valence electrons. The molecule has 16 heavy (non-hydrogen) atoms. The van der Waals surface area contributed by atoms with Gasteiger partial charge in [-0.1, -0.05) is 6.92 Å². The molecule has 3 nitrogen and oxygen atoms in total. The normalized spacial score (nSPS) is 24.2. The number of nitrogens with zero attached hydrogens (tertiary/aromatic N) is 2. The molecule has 0 aliphatic carbocycles. The van der Waals surface area contributed by atoms with Crippen molar-refractivity contribution in [2.75, 3.05) is 40.3 Å². The van der Waals surface area contributed by atoms with Crippen LogP contribution < -0.4 is 5.32 Å². The number of rotatable bonds is 7. The molecule has 1 rings (SSSR count). The van der Waals surface area contributed by atoms with Crippen molar-refractivity contribution in [2.24, 2.45) is 0 Å². The van der Waals surface area contributed by atoms with Crippen LogP contribution in [0.15, 0.2) is 0 Å². The molecule has 0 radical (unpaired) electrons. The predicted octanol–water partition coefficient (Wildman–Crippen LogP) is 1.40. The van der Waals surface area contributed by atoms with Crippen LogP contribution in [0.5, 0.6) is 0 Å². The molecule has 0 aromatic carbocycles. The van der Waals surface area contributed by atoms with Gasteiger partial charge in [0, 0.05) is 18.6 Å². The minimum atomic E-state index is 0.665. The van der Waals surface area contributed by atoms with E-state index in [4.69, 9.17) is 0 Å². The van der Waals surface area contributed by atoms with Gasteiger partial charge in [-0.3, -0.25) is 0 Å². The van der Waals surface area contributed by atoms with Crippen molar-refractivity contribution in [3.63, 3.8) is 0 Å². The van der Waals surface area contributed by atoms with Gasteiger partial charge in [-0.2, -0.15) is 0 Å². The van der Waals surface area contributed by atoms with Crippen LogP contribution in [0.1, 0.15) is 33.1 Å². The monoisotopic (exact) mass is 227 g/mol. The van der Waals surface area contributed by atoms with Gasteiger partial charge < -0.3 is 15.1 Å². The summed E-state index contributed by atoms with van der Waals surface area (Å²) < 4.78 is 0. The zero-order valence-corrected chi connectivity index (χ0v) is 11.5. The highest BCUT2D eigenvalue weighted by Gasteiger charge is 2.23. The van der Waals surface area contributed by atoms with E-state index in [1.807, 2.05) is 0 Å². The standard InChI is InChI=1S/C13H29N3/c1-5-8-14-12(2)6-9-16-10-7-13(11-16)15(3)4/h12-14H,5-11H2,1-4H3. The van der Waals surface area contributed by atoms with Gasteiger partial charge in [0.25, 0.3) is 0 Å². The summed E-state index contributed by atoms with van der Waals surface area (Å²) in [5.41, 5.74) is 0. The van der Waals surface area contributed by atoms with E-state index in [0.717, 1.165) is 12.6 Å². The lowest BCUT2D eigenvalue weighted by Crippen LogP contribution is -2.34. The number of hydrogen-bond acceptors (Lipinski definition) is 3. The van der Waals surface area contributed by atoms with Gasteiger partial charge in [-0.25, -0.2) is 0 Å². The molecule has 3 heteroatoms. The quantitative estimate of drug-likeness (QED) is 0.709. The first-order valence-corrected chi connectivity index (χ1v) is 6.75. The van der Waals surface area contributed by atoms with Gasteiger partial charge in [0.2, 0.25) is 0 Å². The minimum Gasteiger partial charge on any atom is -0.314 e. The largest absolute Gasteiger partial charge is 0.314 e. The van der Waals surface area contributed by atoms with Crippen LogP contribution in [0.25, 0.3) is 0 Å². The first kappa shape index (κ1) is 13.9. The van der Waals surface area contributed by atoms with E-state index >= 15 is 0 Å². The fraction of sp³-hybridized carbons (Fsp3) is 1.00. The lowest BCUT2D eigenvalue weighted by molar-refractivity contribution is 0.261. The Morgan fingerprint density at radius 1 is 1.44 bits per heavy atom. The molecular formula is C13H29N3. The van der Waals surface area contributed by atoms with Crippen LogP contribution in [0.4, 0.5) is 0 Å². The molecule has 0 amide bonds. The lowest BCUT2D eigenvalue weighted by atomic mass is 10.2. The number of nitrogens with one attached hydrogen (secondary N) is 1. The van der Waals surface area contributed by atoms with Crippen LogP contribution in [0.2, 0.25) is 0 Å². The van der Waals surface area contributed by atoms with Crippen LogP contribution in [0, 0.1) is 0 Å². The first-order valence-electron chi connectivity index (χ1n) is 6.75. The maximum atomic E-state index is 3.55. The Morgan fingerprint density at radius 3 is 2.75 bits per heavy atom. The maximum Gasteiger partial charge on any atom is 0.0229 e. The summed E-state index contributed by atoms with van der Waals surface area (Å²) in [7, 11) is 4.39. The summed E-state index contributed by atoms with van der Waals surface area (Å²) >= 11 is 0. The Labute approximate surface area is 101 Å². The maximum absolute atomic E-state index is 3.55. The summed E-state index contributed by atoms with van der Waals surface area (Å²) in [5.74, 6) is 0. The second-order valence-corrected chi connectivity index (χ2v) is 5.35. The summed E-state index contributed by atoms with van der Waals surface area (Å²) in [6.07, 6.45) is 3.85. The molecule has 0 spiro atoms. The Morgan fingerprint density at radius 2 is 2.19 bits per heavy atom. The Kier molecular flexibility index (Phi) is 6.32. The number of likely N-dealkylation sites (tertiary alicyclic amines) is 1. The average Bonchev–Trinajstić information content (AvgIpc) is 2.72. The molecular weight excluding hydrogens is 198 g/mol. The highest BCUT2D eigenvalue weighted by atomic mass is 15.2. The second-order valence-electron chi connectivity index (χ2n) is 5.35. The fourth-order valence-electron chi connectivity index (χ4n) is 2.31. The SMILES string of the molecule is CCCNC(C)CCN1CCC(N(C)C)C1. The lowest BCUT2D eigenvalue weighted by Gasteiger charge is -2.21. The summed E-state index contributed by atoms with van der Waals surface area (Å²) in [6, 6.07) is 1.44. The summed E-state index contributed by atoms with van der Waals surface area (Å²) in [5, 5.41) is 3.55. The molecule has 2 unspecified atom stereocenters. The Bertz CT molecular complexity index is 182. The molecule has 0 bridgehead atoms. The molecule has 1 N–H and O–H groups in total. The van der Waals surface area contributed by atoms with Crippen molar-refractivity contribution >= 4 is 0 Å². The van der Waals surface area contributed by atoms with E-state index in [2.05, 4.69) is 43.1 Å². The van der Waals surface area contributed by atoms with E-state index in [-0.39, 0.29) is 0 Å². The third kappa shape index (κ3) is 4.81. The number of hydrogen-bond donors (Lipinski definition) is 1. The van der Waals surface area contributed by atoms with E-state index in [0.29, 0.717) is 6.04 Å². The molecule has 2 atom stereocenters. The van der Waals surface area contributed by atoms with Gasteiger partial charge in [0.1, 0.15) is 0 Å². The van der Waals surface area contributed by atoms with Crippen molar-refractivity contribution < 1.29 is 0 Å². The average molecular weight is 227 g/mol. The van der Waals surface area contributed by atoms with E-state index < -0.39 is 0 Å². The molecule has 0 aromatic heterocycles. The molecule has 1 heterocycles. The Hall–Kier alpha value is -0.120. The molecule has 1 aliphatic heterocycles. The van der Waals surface area contributed by atoms with Gasteiger partial charge in [0.15, 0.2) is 0 Å². The topological polar surface area (TPSA) is 18.5 Å². The number of likely N-dealkylation sites (N-methyl/N-ethyl adjacent to an activating group) is 1. The van der Waals surface area contributed by atoms with Gasteiger partial charge >= 0.3 is 0 Å². The third-order valence-electron chi connectivity index (χ3n) is 3.60. The molecule has 0 saturated carbocycles. The molecule has 0 aromatic rings. The van der Waals surface area contributed by atoms with E-state index in [9.17, 15) is 0 Å². The van der Waals surface area contributed by atoms with E-state index in [1.54, 1.807) is 0 Å². The molecule has 1 saturated heterocycles. The first-order chi connectivity index (χ1) is 7.63. The Balaban J connectivity index is 2.10. The van der Waals surface area contributed by atoms with Crippen molar-refractivity contribution in [3.8, 4) is 0 Å². The highest BCUT2D eigenvalue weighted by Crippen LogP contribution is 2.13. The smallest absolute Gasteiger partial charge is 0.0229 e. The summed E-state index contributed by atoms with van der Waals surface area (Å²) in [6.45, 7) is 9.47. The minimum absolute atomic E-state index is 0.665. The van der Waals surface area contributed by atoms with Gasteiger partial charge in [-0.05, 0) is 59.9 Å². The third-order valence-corrected chi connectivity index (χ3v) is 3.60. The summed E-state index contributed by atoms with van der Waals surface area (Å²) in [4.78, 5) is 4.97. The van der Waals surface area contributed by atoms with Crippen molar-refractivity contribution in [2.45, 2.75) is 45.2 Å². The van der Waals surface area contributed by atoms with Gasteiger partial charge in [0.05, 0.1) is 0 Å². The fourth-order valence-corrected chi connectivity index (χ4v) is 2.31. The van der Waals surface area contributed by atoms with Crippen LogP contribution in [0.3, 0.4) is 0 Å². The van der Waals surface area contributed by atoms with Crippen LogP contribution >= 0.6 is 0 Å². The second kappa shape index (κ2) is 7.25. The zero-order valence-electron chi connectivity index (χ0n) is 11.5. The van der Waals surface area contributed by atoms with Crippen molar-refractivity contribution in [1.29, 1.82) is 0 Å². The molecule has 1 aliphatic rings.